The molecule has 0 aromatic heterocycles. The van der Waals surface area contributed by atoms with E-state index in [4.69, 9.17) is 14.2 Å². The van der Waals surface area contributed by atoms with Crippen molar-refractivity contribution in [2.24, 2.45) is 0 Å². The van der Waals surface area contributed by atoms with Gasteiger partial charge in [-0.25, -0.2) is 13.6 Å². The number of hydrogen-bond acceptors (Lipinski definition) is 5. The van der Waals surface area contributed by atoms with E-state index < -0.39 is 41.7 Å². The van der Waals surface area contributed by atoms with Gasteiger partial charge in [-0.15, -0.1) is 0 Å². The molecule has 0 bridgehead atoms. The maximum absolute atomic E-state index is 13.5. The summed E-state index contributed by atoms with van der Waals surface area (Å²) in [5.41, 5.74) is 0.216. The first-order valence-corrected chi connectivity index (χ1v) is 7.99. The summed E-state index contributed by atoms with van der Waals surface area (Å²) in [6, 6.07) is 7.11. The Balaban J connectivity index is 1.98. The van der Waals surface area contributed by atoms with Gasteiger partial charge in [-0.2, -0.15) is 0 Å². The van der Waals surface area contributed by atoms with Crippen LogP contribution in [0.5, 0.6) is 11.5 Å². The zero-order valence-corrected chi connectivity index (χ0v) is 15.0. The Morgan fingerprint density at radius 1 is 1.07 bits per heavy atom. The third kappa shape index (κ3) is 5.16. The Bertz CT molecular complexity index is 841. The first-order valence-electron chi connectivity index (χ1n) is 7.99. The van der Waals surface area contributed by atoms with Gasteiger partial charge in [0.15, 0.2) is 6.61 Å². The van der Waals surface area contributed by atoms with E-state index in [0.717, 1.165) is 12.1 Å². The van der Waals surface area contributed by atoms with E-state index in [2.05, 4.69) is 5.32 Å². The fourth-order valence-electron chi connectivity index (χ4n) is 2.40. The molecule has 1 amide bonds. The van der Waals surface area contributed by atoms with Crippen LogP contribution in [-0.4, -0.2) is 32.7 Å². The number of benzene rings is 2. The third-order valence-electron chi connectivity index (χ3n) is 3.77. The number of hydrogen-bond donors (Lipinski definition) is 1. The molecule has 0 fully saturated rings. The normalized spacial score (nSPS) is 11.4. The summed E-state index contributed by atoms with van der Waals surface area (Å²) in [7, 11) is 3.02. The van der Waals surface area contributed by atoms with Gasteiger partial charge in [0, 0.05) is 11.6 Å². The largest absolute Gasteiger partial charge is 0.497 e. The predicted molar refractivity (Wildman–Crippen MR) is 92.7 cm³/mol. The van der Waals surface area contributed by atoms with Gasteiger partial charge < -0.3 is 19.5 Å². The van der Waals surface area contributed by atoms with E-state index in [-0.39, 0.29) is 0 Å². The Morgan fingerprint density at radius 3 is 2.44 bits per heavy atom. The van der Waals surface area contributed by atoms with Crippen LogP contribution < -0.4 is 14.8 Å². The highest BCUT2D eigenvalue weighted by Crippen LogP contribution is 2.29. The number of esters is 1. The summed E-state index contributed by atoms with van der Waals surface area (Å²) in [4.78, 5) is 23.9. The molecule has 0 spiro atoms. The van der Waals surface area contributed by atoms with Crippen LogP contribution in [0.2, 0.25) is 0 Å². The van der Waals surface area contributed by atoms with Gasteiger partial charge in [0.1, 0.15) is 23.1 Å². The first-order chi connectivity index (χ1) is 12.8. The van der Waals surface area contributed by atoms with E-state index in [0.29, 0.717) is 23.1 Å². The molecule has 0 aliphatic rings. The molecular formula is C19H19F2NO5. The Labute approximate surface area is 155 Å². The van der Waals surface area contributed by atoms with Gasteiger partial charge in [-0.3, -0.25) is 4.79 Å². The lowest BCUT2D eigenvalue weighted by Crippen LogP contribution is -2.31. The maximum Gasteiger partial charge on any atom is 0.341 e. The van der Waals surface area contributed by atoms with Crippen LogP contribution in [0, 0.1) is 11.6 Å². The number of amides is 1. The fraction of sp³-hybridized carbons (Fsp3) is 0.263. The van der Waals surface area contributed by atoms with Crippen LogP contribution >= 0.6 is 0 Å². The highest BCUT2D eigenvalue weighted by Gasteiger charge is 2.18. The number of carbonyl (C=O) groups excluding carboxylic acids is 2. The summed E-state index contributed by atoms with van der Waals surface area (Å²) >= 11 is 0. The molecule has 27 heavy (non-hydrogen) atoms. The van der Waals surface area contributed by atoms with Gasteiger partial charge in [0.05, 0.1) is 25.8 Å². The molecule has 2 rings (SSSR count). The monoisotopic (exact) mass is 379 g/mol. The van der Waals surface area contributed by atoms with E-state index in [9.17, 15) is 18.4 Å². The number of nitrogens with one attached hydrogen (secondary N) is 1. The van der Waals surface area contributed by atoms with Gasteiger partial charge >= 0.3 is 5.97 Å². The van der Waals surface area contributed by atoms with Crippen molar-refractivity contribution in [2.75, 3.05) is 20.8 Å². The van der Waals surface area contributed by atoms with Gasteiger partial charge in [0.2, 0.25) is 0 Å². The molecule has 0 saturated carbocycles. The average Bonchev–Trinajstić information content (AvgIpc) is 2.65. The zero-order valence-electron chi connectivity index (χ0n) is 15.0. The van der Waals surface area contributed by atoms with E-state index in [1.807, 2.05) is 0 Å². The molecule has 0 unspecified atom stereocenters. The number of ether oxygens (including phenoxy) is 3. The molecule has 0 heterocycles. The quantitative estimate of drug-likeness (QED) is 0.749. The second kappa shape index (κ2) is 8.98. The molecule has 1 atom stereocenters. The topological polar surface area (TPSA) is 73.9 Å². The molecule has 8 heteroatoms. The standard InChI is InChI=1S/C19H19F2NO5/c1-11(15-9-13(25-2)5-7-17(15)26-3)22-18(23)10-27-19(24)14-6-4-12(20)8-16(14)21/h4-9,11H,10H2,1-3H3,(H,22,23)/t11-/m0/s1. The summed E-state index contributed by atoms with van der Waals surface area (Å²) in [6.07, 6.45) is 0. The molecular weight excluding hydrogens is 360 g/mol. The summed E-state index contributed by atoms with van der Waals surface area (Å²) in [5.74, 6) is -2.39. The van der Waals surface area contributed by atoms with Crippen molar-refractivity contribution in [3.8, 4) is 11.5 Å². The van der Waals surface area contributed by atoms with Crippen molar-refractivity contribution in [1.29, 1.82) is 0 Å². The van der Waals surface area contributed by atoms with Crippen LogP contribution in [-0.2, 0) is 9.53 Å². The van der Waals surface area contributed by atoms with Gasteiger partial charge in [0.25, 0.3) is 5.91 Å². The number of halogens is 2. The minimum absolute atomic E-state index is 0.452. The molecule has 0 radical (unpaired) electrons. The highest BCUT2D eigenvalue weighted by atomic mass is 19.1. The van der Waals surface area contributed by atoms with E-state index in [1.165, 1.54) is 14.2 Å². The van der Waals surface area contributed by atoms with E-state index in [1.54, 1.807) is 25.1 Å². The molecule has 144 valence electrons. The van der Waals surface area contributed by atoms with Crippen molar-refractivity contribution in [2.45, 2.75) is 13.0 Å². The third-order valence-corrected chi connectivity index (χ3v) is 3.77. The molecule has 2 aromatic rings. The predicted octanol–water partition coefficient (Wildman–Crippen LogP) is 3.02. The number of rotatable bonds is 7. The Hall–Kier alpha value is -3.16. The van der Waals surface area contributed by atoms with E-state index >= 15 is 0 Å². The van der Waals surface area contributed by atoms with Gasteiger partial charge in [-0.05, 0) is 37.3 Å². The van der Waals surface area contributed by atoms with Crippen LogP contribution in [0.15, 0.2) is 36.4 Å². The fourth-order valence-corrected chi connectivity index (χ4v) is 2.40. The maximum atomic E-state index is 13.5. The second-order valence-electron chi connectivity index (χ2n) is 5.60. The summed E-state index contributed by atoms with van der Waals surface area (Å²) in [5, 5.41) is 2.65. The molecule has 0 saturated heterocycles. The SMILES string of the molecule is COc1ccc(OC)c([C@H](C)NC(=O)COC(=O)c2ccc(F)cc2F)c1. The lowest BCUT2D eigenvalue weighted by molar-refractivity contribution is -0.124. The molecule has 2 aromatic carbocycles. The van der Waals surface area contributed by atoms with Crippen molar-refractivity contribution in [3.05, 3.63) is 59.2 Å². The zero-order chi connectivity index (χ0) is 20.0. The van der Waals surface area contributed by atoms with Crippen LogP contribution in [0.25, 0.3) is 0 Å². The Kier molecular flexibility index (Phi) is 6.70. The van der Waals surface area contributed by atoms with Crippen molar-refractivity contribution in [3.63, 3.8) is 0 Å². The highest BCUT2D eigenvalue weighted by molar-refractivity contribution is 5.91. The first kappa shape index (κ1) is 20.2. The second-order valence-corrected chi connectivity index (χ2v) is 5.60. The van der Waals surface area contributed by atoms with Gasteiger partial charge in [-0.1, -0.05) is 0 Å². The minimum atomic E-state index is -1.06. The van der Waals surface area contributed by atoms with Crippen LogP contribution in [0.3, 0.4) is 0 Å². The lowest BCUT2D eigenvalue weighted by Gasteiger charge is -2.18. The van der Waals surface area contributed by atoms with Crippen LogP contribution in [0.4, 0.5) is 8.78 Å². The summed E-state index contributed by atoms with van der Waals surface area (Å²) in [6.45, 7) is 1.10. The minimum Gasteiger partial charge on any atom is -0.497 e. The van der Waals surface area contributed by atoms with Crippen molar-refractivity contribution < 1.29 is 32.6 Å². The molecule has 6 nitrogen and oxygen atoms in total. The van der Waals surface area contributed by atoms with Crippen LogP contribution in [0.1, 0.15) is 28.9 Å². The number of methoxy groups -OCH3 is 2. The smallest absolute Gasteiger partial charge is 0.341 e. The number of carbonyl (C=O) groups is 2. The van der Waals surface area contributed by atoms with Crippen molar-refractivity contribution >= 4 is 11.9 Å². The summed E-state index contributed by atoms with van der Waals surface area (Å²) < 4.78 is 41.6. The van der Waals surface area contributed by atoms with Crippen molar-refractivity contribution in [1.82, 2.24) is 5.32 Å². The Morgan fingerprint density at radius 2 is 1.81 bits per heavy atom. The molecule has 1 N–H and O–H groups in total. The average molecular weight is 379 g/mol. The molecule has 0 aliphatic heterocycles. The lowest BCUT2D eigenvalue weighted by atomic mass is 10.1. The molecule has 0 aliphatic carbocycles.